The molecular formula is C14H12BrClFN3O. The Balaban J connectivity index is 0.00000220. The van der Waals surface area contributed by atoms with Crippen LogP contribution >= 0.6 is 15.9 Å². The second-order valence-electron chi connectivity index (χ2n) is 4.01. The molecule has 1 aromatic carbocycles. The molecule has 7 heteroatoms. The van der Waals surface area contributed by atoms with E-state index in [4.69, 9.17) is 0 Å². The minimum Gasteiger partial charge on any atom is -1.00 e. The summed E-state index contributed by atoms with van der Waals surface area (Å²) in [6.07, 6.45) is 4.82. The van der Waals surface area contributed by atoms with Gasteiger partial charge in [-0.25, -0.2) is 9.82 Å². The third kappa shape index (κ3) is 5.61. The van der Waals surface area contributed by atoms with Crippen LogP contribution in [0.1, 0.15) is 5.56 Å². The standard InChI is InChI=1S/C14H11BrFN3O.ClH/c15-12-4-5-13(16)11(8-12)9-17-18-14(20)10-19-6-2-1-3-7-19;/h1-9H,10H2;1H/b17-9+;. The Morgan fingerprint density at radius 1 is 1.33 bits per heavy atom. The normalized spacial score (nSPS) is 10.2. The first-order chi connectivity index (χ1) is 9.65. The average molecular weight is 373 g/mol. The summed E-state index contributed by atoms with van der Waals surface area (Å²) in [5.74, 6) is -0.684. The van der Waals surface area contributed by atoms with E-state index < -0.39 is 5.82 Å². The van der Waals surface area contributed by atoms with Crippen LogP contribution in [0.3, 0.4) is 0 Å². The molecule has 0 spiro atoms. The molecule has 110 valence electrons. The number of hydrazone groups is 1. The van der Waals surface area contributed by atoms with E-state index in [1.807, 2.05) is 18.2 Å². The van der Waals surface area contributed by atoms with Gasteiger partial charge in [-0.3, -0.25) is 4.79 Å². The zero-order valence-electron chi connectivity index (χ0n) is 10.8. The van der Waals surface area contributed by atoms with Crippen molar-refractivity contribution in [2.45, 2.75) is 6.54 Å². The smallest absolute Gasteiger partial charge is 0.305 e. The number of benzene rings is 1. The predicted octanol–water partition coefficient (Wildman–Crippen LogP) is -0.970. The van der Waals surface area contributed by atoms with E-state index in [9.17, 15) is 9.18 Å². The van der Waals surface area contributed by atoms with Gasteiger partial charge in [-0.05, 0) is 18.2 Å². The summed E-state index contributed by atoms with van der Waals surface area (Å²) >= 11 is 3.24. The fraction of sp³-hybridized carbons (Fsp3) is 0.0714. The van der Waals surface area contributed by atoms with Crippen LogP contribution in [0.5, 0.6) is 0 Å². The van der Waals surface area contributed by atoms with Gasteiger partial charge in [0.2, 0.25) is 6.54 Å². The Morgan fingerprint density at radius 3 is 2.76 bits per heavy atom. The highest BCUT2D eigenvalue weighted by Gasteiger charge is 2.06. The highest BCUT2D eigenvalue weighted by atomic mass is 79.9. The third-order valence-electron chi connectivity index (χ3n) is 2.45. The van der Waals surface area contributed by atoms with E-state index in [2.05, 4.69) is 26.5 Å². The Hall–Kier alpha value is -1.79. The fourth-order valence-electron chi connectivity index (χ4n) is 1.53. The van der Waals surface area contributed by atoms with Crippen LogP contribution in [0.2, 0.25) is 0 Å². The van der Waals surface area contributed by atoms with Crippen LogP contribution in [0.25, 0.3) is 0 Å². The second-order valence-corrected chi connectivity index (χ2v) is 4.92. The summed E-state index contributed by atoms with van der Waals surface area (Å²) in [6, 6.07) is 10.0. The first-order valence-corrected chi connectivity index (χ1v) is 6.65. The van der Waals surface area contributed by atoms with Crippen molar-refractivity contribution in [1.29, 1.82) is 0 Å². The number of hydrogen-bond acceptors (Lipinski definition) is 2. The lowest BCUT2D eigenvalue weighted by atomic mass is 10.2. The number of nitrogens with one attached hydrogen (secondary N) is 1. The zero-order valence-corrected chi connectivity index (χ0v) is 13.2. The van der Waals surface area contributed by atoms with E-state index in [0.29, 0.717) is 5.56 Å². The van der Waals surface area contributed by atoms with Gasteiger partial charge in [0.15, 0.2) is 12.4 Å². The van der Waals surface area contributed by atoms with Gasteiger partial charge in [0.1, 0.15) is 5.82 Å². The molecule has 0 bridgehead atoms. The summed E-state index contributed by atoms with van der Waals surface area (Å²) in [5, 5.41) is 3.74. The fourth-order valence-corrected chi connectivity index (χ4v) is 1.91. The molecule has 0 saturated carbocycles. The molecule has 0 unspecified atom stereocenters. The number of hydrogen-bond donors (Lipinski definition) is 1. The molecule has 4 nitrogen and oxygen atoms in total. The third-order valence-corrected chi connectivity index (χ3v) is 2.95. The topological polar surface area (TPSA) is 45.3 Å². The van der Waals surface area contributed by atoms with Gasteiger partial charge in [-0.1, -0.05) is 22.0 Å². The molecule has 2 aromatic rings. The zero-order chi connectivity index (χ0) is 14.4. The van der Waals surface area contributed by atoms with Gasteiger partial charge >= 0.3 is 5.91 Å². The second kappa shape index (κ2) is 8.49. The van der Waals surface area contributed by atoms with E-state index in [1.54, 1.807) is 29.1 Å². The SMILES string of the molecule is O=C(C[n+]1ccccc1)N/N=C/c1cc(Br)ccc1F.[Cl-]. The van der Waals surface area contributed by atoms with Crippen LogP contribution < -0.4 is 22.4 Å². The van der Waals surface area contributed by atoms with Crippen LogP contribution in [-0.4, -0.2) is 12.1 Å². The van der Waals surface area contributed by atoms with Gasteiger partial charge in [0.25, 0.3) is 0 Å². The molecule has 0 atom stereocenters. The number of carbonyl (C=O) groups is 1. The van der Waals surface area contributed by atoms with Gasteiger partial charge in [0.05, 0.1) is 6.21 Å². The van der Waals surface area contributed by atoms with Crippen LogP contribution in [0, 0.1) is 5.82 Å². The van der Waals surface area contributed by atoms with Crippen molar-refractivity contribution in [2.75, 3.05) is 0 Å². The first kappa shape index (κ1) is 17.3. The summed E-state index contributed by atoms with van der Waals surface area (Å²) in [6.45, 7) is 0.152. The van der Waals surface area contributed by atoms with Gasteiger partial charge in [0, 0.05) is 22.2 Å². The molecule has 1 N–H and O–H groups in total. The van der Waals surface area contributed by atoms with Gasteiger partial charge in [-0.2, -0.15) is 9.67 Å². The van der Waals surface area contributed by atoms with Crippen LogP contribution in [0.4, 0.5) is 4.39 Å². The molecule has 0 aliphatic carbocycles. The number of halogens is 3. The number of pyridine rings is 1. The van der Waals surface area contributed by atoms with Crippen molar-refractivity contribution < 1.29 is 26.2 Å². The number of nitrogens with zero attached hydrogens (tertiary/aromatic N) is 2. The first-order valence-electron chi connectivity index (χ1n) is 5.86. The molecule has 0 aliphatic rings. The lowest BCUT2D eigenvalue weighted by Crippen LogP contribution is -3.00. The van der Waals surface area contributed by atoms with Crippen molar-refractivity contribution in [3.05, 3.63) is 64.6 Å². The molecule has 1 amide bonds. The van der Waals surface area contributed by atoms with Crippen molar-refractivity contribution in [3.8, 4) is 0 Å². The maximum atomic E-state index is 13.4. The summed E-state index contributed by atoms with van der Waals surface area (Å²) in [7, 11) is 0. The average Bonchev–Trinajstić information content (AvgIpc) is 2.44. The number of aromatic nitrogens is 1. The maximum Gasteiger partial charge on any atom is 0.305 e. The summed E-state index contributed by atoms with van der Waals surface area (Å²) in [4.78, 5) is 11.6. The molecular weight excluding hydrogens is 361 g/mol. The Morgan fingerprint density at radius 2 is 2.05 bits per heavy atom. The lowest BCUT2D eigenvalue weighted by molar-refractivity contribution is -0.684. The number of amides is 1. The molecule has 0 aliphatic heterocycles. The maximum absolute atomic E-state index is 13.4. The van der Waals surface area contributed by atoms with Crippen LogP contribution in [0.15, 0.2) is 58.4 Å². The highest BCUT2D eigenvalue weighted by Crippen LogP contribution is 2.13. The Bertz CT molecular complexity index is 637. The van der Waals surface area contributed by atoms with E-state index >= 15 is 0 Å². The largest absolute Gasteiger partial charge is 1.00 e. The molecule has 21 heavy (non-hydrogen) atoms. The van der Waals surface area contributed by atoms with Crippen LogP contribution in [-0.2, 0) is 11.3 Å². The monoisotopic (exact) mass is 371 g/mol. The molecule has 2 rings (SSSR count). The van der Waals surface area contributed by atoms with Crippen molar-refractivity contribution >= 4 is 28.1 Å². The van der Waals surface area contributed by atoms with E-state index in [1.165, 1.54) is 12.3 Å². The van der Waals surface area contributed by atoms with Gasteiger partial charge in [-0.15, -0.1) is 0 Å². The molecule has 0 fully saturated rings. The molecule has 0 saturated heterocycles. The van der Waals surface area contributed by atoms with E-state index in [0.717, 1.165) is 4.47 Å². The van der Waals surface area contributed by atoms with Crippen molar-refractivity contribution in [3.63, 3.8) is 0 Å². The predicted molar refractivity (Wildman–Crippen MR) is 76.5 cm³/mol. The number of carbonyl (C=O) groups excluding carboxylic acids is 1. The summed E-state index contributed by atoms with van der Waals surface area (Å²) in [5.41, 5.74) is 2.65. The quantitative estimate of drug-likeness (QED) is 0.419. The molecule has 1 aromatic heterocycles. The van der Waals surface area contributed by atoms with Crippen molar-refractivity contribution in [2.24, 2.45) is 5.10 Å². The number of rotatable bonds is 4. The van der Waals surface area contributed by atoms with Crippen molar-refractivity contribution in [1.82, 2.24) is 5.43 Å². The summed E-state index contributed by atoms with van der Waals surface area (Å²) < 4.78 is 15.9. The highest BCUT2D eigenvalue weighted by molar-refractivity contribution is 9.10. The minimum absolute atomic E-state index is 0. The molecule has 0 radical (unpaired) electrons. The minimum atomic E-state index is -0.399. The Labute approximate surface area is 136 Å². The Kier molecular flexibility index (Phi) is 6.98. The van der Waals surface area contributed by atoms with Gasteiger partial charge < -0.3 is 12.4 Å². The molecule has 1 heterocycles. The van der Waals surface area contributed by atoms with E-state index in [-0.39, 0.29) is 24.9 Å². The lowest BCUT2D eigenvalue weighted by Gasteiger charge is -1.98.